The Bertz CT molecular complexity index is 1630. The Kier molecular flexibility index (Phi) is 8.35. The van der Waals surface area contributed by atoms with Gasteiger partial charge in [-0.25, -0.2) is 13.2 Å². The lowest BCUT2D eigenvalue weighted by molar-refractivity contribution is -0.134. The topological polar surface area (TPSA) is 109 Å². The van der Waals surface area contributed by atoms with E-state index in [0.717, 1.165) is 39.6 Å². The first kappa shape index (κ1) is 27.6. The molecule has 3 aromatic carbocycles. The van der Waals surface area contributed by atoms with Crippen molar-refractivity contribution >= 4 is 33.0 Å². The minimum Gasteiger partial charge on any atom is -0.491 e. The summed E-state index contributed by atoms with van der Waals surface area (Å²) in [5.41, 5.74) is 4.98. The molecule has 1 unspecified atom stereocenters. The van der Waals surface area contributed by atoms with Crippen molar-refractivity contribution in [2.45, 2.75) is 30.2 Å². The van der Waals surface area contributed by atoms with Crippen LogP contribution < -0.4 is 4.74 Å². The number of fused-ring (bicyclic) bond motifs is 2. The molecule has 0 saturated carbocycles. The first-order valence-corrected chi connectivity index (χ1v) is 14.6. The fourth-order valence-corrected chi connectivity index (χ4v) is 6.91. The molecular weight excluding hydrogens is 528 g/mol. The van der Waals surface area contributed by atoms with Crippen molar-refractivity contribution in [1.29, 1.82) is 0 Å². The van der Waals surface area contributed by atoms with Crippen LogP contribution >= 0.6 is 0 Å². The van der Waals surface area contributed by atoms with Gasteiger partial charge in [-0.1, -0.05) is 36.4 Å². The highest BCUT2D eigenvalue weighted by Crippen LogP contribution is 2.40. The van der Waals surface area contributed by atoms with E-state index in [1.165, 1.54) is 13.2 Å². The van der Waals surface area contributed by atoms with E-state index in [4.69, 9.17) is 9.84 Å². The van der Waals surface area contributed by atoms with Gasteiger partial charge in [0, 0.05) is 29.7 Å². The maximum Gasteiger partial charge on any atom is 0.330 e. The van der Waals surface area contributed by atoms with Gasteiger partial charge in [-0.05, 0) is 77.9 Å². The number of aliphatic hydroxyl groups excluding tert-OH is 1. The van der Waals surface area contributed by atoms with Crippen LogP contribution in [0.25, 0.3) is 17.0 Å². The number of nitrogens with one attached hydrogen (secondary N) is 1. The average molecular weight is 561 g/mol. The van der Waals surface area contributed by atoms with Crippen LogP contribution in [0.3, 0.4) is 0 Å². The summed E-state index contributed by atoms with van der Waals surface area (Å²) in [6.45, 7) is 0.322. The second-order valence-electron chi connectivity index (χ2n) is 9.64. The Labute approximate surface area is 233 Å². The number of hydrogen-bond acceptors (Lipinski definition) is 6. The van der Waals surface area contributed by atoms with E-state index in [2.05, 4.69) is 9.72 Å². The van der Waals surface area contributed by atoms with E-state index >= 15 is 0 Å². The number of H-pyrrole nitrogens is 1. The SMILES string of the molecule is COC(=O)/C=C/c1ccc2c(c1)CCC2N(CCc1c[nH]c2ccccc12)S(=O)(=O)c1ccc(OCCO)cc1. The van der Waals surface area contributed by atoms with Crippen LogP contribution in [-0.2, 0) is 32.4 Å². The van der Waals surface area contributed by atoms with Crippen LogP contribution in [0.4, 0.5) is 0 Å². The zero-order valence-corrected chi connectivity index (χ0v) is 23.1. The van der Waals surface area contributed by atoms with Crippen molar-refractivity contribution in [3.63, 3.8) is 0 Å². The fraction of sp³-hybridized carbons (Fsp3) is 0.258. The molecule has 0 saturated heterocycles. The van der Waals surface area contributed by atoms with E-state index in [-0.39, 0.29) is 24.2 Å². The maximum absolute atomic E-state index is 14.1. The van der Waals surface area contributed by atoms with E-state index in [1.54, 1.807) is 34.6 Å². The summed E-state index contributed by atoms with van der Waals surface area (Å²) in [6.07, 6.45) is 6.96. The molecule has 1 heterocycles. The summed E-state index contributed by atoms with van der Waals surface area (Å²) in [5.74, 6) is 0.0674. The standard InChI is InChI=1S/C31H32N2O6S/c1-38-31(35)15-7-22-6-13-28-23(20-22)8-14-30(28)33(17-16-24-21-32-29-5-3-2-4-27(24)29)40(36,37)26-11-9-25(10-12-26)39-19-18-34/h2-7,9-13,15,20-21,30,32,34H,8,14,16-19H2,1H3/b15-7+. The van der Waals surface area contributed by atoms with E-state index in [9.17, 15) is 13.2 Å². The van der Waals surface area contributed by atoms with Gasteiger partial charge in [0.1, 0.15) is 12.4 Å². The highest BCUT2D eigenvalue weighted by atomic mass is 32.2. The van der Waals surface area contributed by atoms with Gasteiger partial charge in [0.05, 0.1) is 24.7 Å². The second-order valence-corrected chi connectivity index (χ2v) is 11.5. The van der Waals surface area contributed by atoms with Crippen molar-refractivity contribution in [1.82, 2.24) is 9.29 Å². The van der Waals surface area contributed by atoms with Gasteiger partial charge in [-0.2, -0.15) is 4.31 Å². The van der Waals surface area contributed by atoms with Crippen LogP contribution in [-0.4, -0.2) is 55.7 Å². The molecule has 0 aliphatic heterocycles. The summed E-state index contributed by atoms with van der Waals surface area (Å²) in [5, 5.41) is 10.1. The lowest BCUT2D eigenvalue weighted by Gasteiger charge is -2.29. The third-order valence-electron chi connectivity index (χ3n) is 7.24. The molecule has 1 aliphatic rings. The lowest BCUT2D eigenvalue weighted by atomic mass is 10.0. The molecule has 0 fully saturated rings. The number of benzene rings is 3. The summed E-state index contributed by atoms with van der Waals surface area (Å²) in [7, 11) is -2.53. The quantitative estimate of drug-likeness (QED) is 0.204. The number of aliphatic hydroxyl groups is 1. The summed E-state index contributed by atoms with van der Waals surface area (Å²) >= 11 is 0. The summed E-state index contributed by atoms with van der Waals surface area (Å²) in [6, 6.07) is 19.9. The highest BCUT2D eigenvalue weighted by Gasteiger charge is 2.36. The van der Waals surface area contributed by atoms with Crippen molar-refractivity contribution < 1.29 is 27.8 Å². The Balaban J connectivity index is 1.47. The first-order chi connectivity index (χ1) is 19.4. The van der Waals surface area contributed by atoms with E-state index in [0.29, 0.717) is 25.1 Å². The zero-order chi connectivity index (χ0) is 28.1. The number of esters is 1. The minimum absolute atomic E-state index is 0.122. The van der Waals surface area contributed by atoms with Crippen molar-refractivity contribution in [2.75, 3.05) is 26.9 Å². The molecule has 9 heteroatoms. The Hall–Kier alpha value is -3.92. The van der Waals surface area contributed by atoms with Gasteiger partial charge in [-0.3, -0.25) is 0 Å². The number of nitrogens with zero attached hydrogens (tertiary/aromatic N) is 1. The molecule has 0 radical (unpaired) electrons. The molecule has 5 rings (SSSR count). The molecule has 40 heavy (non-hydrogen) atoms. The van der Waals surface area contributed by atoms with E-state index in [1.807, 2.05) is 48.7 Å². The van der Waals surface area contributed by atoms with Crippen molar-refractivity contribution in [2.24, 2.45) is 0 Å². The normalized spacial score (nSPS) is 15.1. The van der Waals surface area contributed by atoms with Gasteiger partial charge in [-0.15, -0.1) is 0 Å². The highest BCUT2D eigenvalue weighted by molar-refractivity contribution is 7.89. The number of methoxy groups -OCH3 is 1. The summed E-state index contributed by atoms with van der Waals surface area (Å²) < 4.78 is 40.0. The number of carbonyl (C=O) groups excluding carboxylic acids is 1. The van der Waals surface area contributed by atoms with Gasteiger partial charge < -0.3 is 19.6 Å². The fourth-order valence-electron chi connectivity index (χ4n) is 5.27. The molecule has 2 N–H and O–H groups in total. The molecule has 8 nitrogen and oxygen atoms in total. The number of aromatic nitrogens is 1. The smallest absolute Gasteiger partial charge is 0.330 e. The van der Waals surface area contributed by atoms with Gasteiger partial charge >= 0.3 is 5.97 Å². The molecular formula is C31H32N2O6S. The summed E-state index contributed by atoms with van der Waals surface area (Å²) in [4.78, 5) is 15.0. The van der Waals surface area contributed by atoms with E-state index < -0.39 is 16.0 Å². The van der Waals surface area contributed by atoms with Crippen LogP contribution in [0.1, 0.15) is 34.7 Å². The van der Waals surface area contributed by atoms with Gasteiger partial charge in [0.2, 0.25) is 10.0 Å². The Morgan fingerprint density at radius 3 is 2.70 bits per heavy atom. The molecule has 0 spiro atoms. The Morgan fingerprint density at radius 2 is 1.93 bits per heavy atom. The average Bonchev–Trinajstić information content (AvgIpc) is 3.59. The number of carbonyl (C=O) groups is 1. The monoisotopic (exact) mass is 560 g/mol. The second kappa shape index (κ2) is 12.1. The zero-order valence-electron chi connectivity index (χ0n) is 22.2. The molecule has 1 aromatic heterocycles. The number of rotatable bonds is 11. The predicted octanol–water partition coefficient (Wildman–Crippen LogP) is 4.65. The largest absolute Gasteiger partial charge is 0.491 e. The third-order valence-corrected chi connectivity index (χ3v) is 9.16. The number of hydrogen-bond donors (Lipinski definition) is 2. The van der Waals surface area contributed by atoms with Crippen LogP contribution in [0.15, 0.2) is 83.9 Å². The number of aryl methyl sites for hydroxylation is 1. The minimum atomic E-state index is -3.86. The number of sulfonamides is 1. The van der Waals surface area contributed by atoms with Gasteiger partial charge in [0.15, 0.2) is 0 Å². The number of aromatic amines is 1. The van der Waals surface area contributed by atoms with Crippen molar-refractivity contribution in [3.05, 3.63) is 101 Å². The molecule has 208 valence electrons. The molecule has 1 aliphatic carbocycles. The van der Waals surface area contributed by atoms with Gasteiger partial charge in [0.25, 0.3) is 0 Å². The molecule has 1 atom stereocenters. The first-order valence-electron chi connectivity index (χ1n) is 13.2. The molecule has 0 bridgehead atoms. The number of para-hydroxylation sites is 1. The predicted molar refractivity (Wildman–Crippen MR) is 153 cm³/mol. The Morgan fingerprint density at radius 1 is 1.12 bits per heavy atom. The molecule has 4 aromatic rings. The molecule has 0 amide bonds. The number of ether oxygens (including phenoxy) is 2. The van der Waals surface area contributed by atoms with Crippen molar-refractivity contribution in [3.8, 4) is 5.75 Å². The van der Waals surface area contributed by atoms with Crippen LogP contribution in [0.2, 0.25) is 0 Å². The lowest BCUT2D eigenvalue weighted by Crippen LogP contribution is -2.35. The third kappa shape index (κ3) is 5.82. The maximum atomic E-state index is 14.1. The van der Waals surface area contributed by atoms with Crippen LogP contribution in [0, 0.1) is 0 Å². The van der Waals surface area contributed by atoms with Crippen LogP contribution in [0.5, 0.6) is 5.75 Å².